The molecule has 30 heavy (non-hydrogen) atoms. The molecule has 0 aliphatic heterocycles. The third kappa shape index (κ3) is 5.45. The second kappa shape index (κ2) is 11.1. The number of allylic oxidation sites excluding steroid dienone is 1. The normalized spacial score (nSPS) is 11.4. The van der Waals surface area contributed by atoms with Gasteiger partial charge < -0.3 is 28.4 Å². The summed E-state index contributed by atoms with van der Waals surface area (Å²) >= 11 is 0. The third-order valence-corrected chi connectivity index (χ3v) is 4.34. The van der Waals surface area contributed by atoms with Gasteiger partial charge in [0.05, 0.1) is 21.3 Å². The molecule has 7 nitrogen and oxygen atoms in total. The van der Waals surface area contributed by atoms with Crippen LogP contribution in [0.3, 0.4) is 0 Å². The second-order valence-corrected chi connectivity index (χ2v) is 6.36. The summed E-state index contributed by atoms with van der Waals surface area (Å²) in [5.41, 5.74) is 1.38. The van der Waals surface area contributed by atoms with Gasteiger partial charge in [-0.2, -0.15) is 0 Å². The summed E-state index contributed by atoms with van der Waals surface area (Å²) < 4.78 is 32.5. The van der Waals surface area contributed by atoms with Crippen molar-refractivity contribution in [3.8, 4) is 28.7 Å². The molecule has 0 heterocycles. The average molecular weight is 416 g/mol. The van der Waals surface area contributed by atoms with Crippen LogP contribution in [0.25, 0.3) is 0 Å². The summed E-state index contributed by atoms with van der Waals surface area (Å²) in [4.78, 5) is 13.0. The second-order valence-electron chi connectivity index (χ2n) is 6.36. The van der Waals surface area contributed by atoms with Crippen molar-refractivity contribution in [1.82, 2.24) is 0 Å². The molecule has 0 fully saturated rings. The first-order chi connectivity index (χ1) is 14.5. The number of hydrogen-bond acceptors (Lipinski definition) is 7. The minimum Gasteiger partial charge on any atom is -0.493 e. The van der Waals surface area contributed by atoms with E-state index in [1.165, 1.54) is 28.4 Å². The Morgan fingerprint density at radius 3 is 2.13 bits per heavy atom. The minimum absolute atomic E-state index is 0.0740. The molecule has 1 unspecified atom stereocenters. The van der Waals surface area contributed by atoms with Crippen LogP contribution in [0.5, 0.6) is 28.7 Å². The first kappa shape index (κ1) is 23.1. The summed E-state index contributed by atoms with van der Waals surface area (Å²) in [5, 5.41) is 0. The molecule has 2 rings (SSSR count). The number of carbonyl (C=O) groups is 1. The van der Waals surface area contributed by atoms with Crippen molar-refractivity contribution in [1.29, 1.82) is 0 Å². The average Bonchev–Trinajstić information content (AvgIpc) is 2.77. The maximum atomic E-state index is 13.0. The SMILES string of the molecule is C=CCc1cc(OC)c(OC(C)C(=O)c2ccc(OCOC)c(OC)c2)c(OC)c1. The van der Waals surface area contributed by atoms with Crippen LogP contribution in [0.2, 0.25) is 0 Å². The summed E-state index contributed by atoms with van der Waals surface area (Å²) in [6.07, 6.45) is 1.64. The number of ether oxygens (including phenoxy) is 6. The van der Waals surface area contributed by atoms with E-state index in [0.29, 0.717) is 40.7 Å². The fourth-order valence-electron chi connectivity index (χ4n) is 2.86. The van der Waals surface area contributed by atoms with Crippen LogP contribution in [0.1, 0.15) is 22.8 Å². The maximum Gasteiger partial charge on any atom is 0.204 e. The third-order valence-electron chi connectivity index (χ3n) is 4.34. The molecule has 162 valence electrons. The van der Waals surface area contributed by atoms with Crippen molar-refractivity contribution < 1.29 is 33.2 Å². The molecule has 0 N–H and O–H groups in total. The number of benzene rings is 2. The molecule has 0 aliphatic rings. The Bertz CT molecular complexity index is 851. The van der Waals surface area contributed by atoms with Crippen LogP contribution in [-0.4, -0.2) is 47.1 Å². The van der Waals surface area contributed by atoms with E-state index >= 15 is 0 Å². The highest BCUT2D eigenvalue weighted by atomic mass is 16.7. The highest BCUT2D eigenvalue weighted by molar-refractivity contribution is 6.00. The summed E-state index contributed by atoms with van der Waals surface area (Å²) in [7, 11) is 6.10. The van der Waals surface area contributed by atoms with Gasteiger partial charge in [0, 0.05) is 12.7 Å². The molecular weight excluding hydrogens is 388 g/mol. The van der Waals surface area contributed by atoms with Gasteiger partial charge >= 0.3 is 0 Å². The van der Waals surface area contributed by atoms with Crippen LogP contribution in [0.15, 0.2) is 43.0 Å². The van der Waals surface area contributed by atoms with Gasteiger partial charge in [-0.15, -0.1) is 6.58 Å². The smallest absolute Gasteiger partial charge is 0.204 e. The van der Waals surface area contributed by atoms with Crippen LogP contribution < -0.4 is 23.7 Å². The monoisotopic (exact) mass is 416 g/mol. The van der Waals surface area contributed by atoms with Gasteiger partial charge in [-0.3, -0.25) is 4.79 Å². The fourth-order valence-corrected chi connectivity index (χ4v) is 2.86. The molecule has 0 bridgehead atoms. The molecule has 0 radical (unpaired) electrons. The number of rotatable bonds is 12. The van der Waals surface area contributed by atoms with E-state index < -0.39 is 6.10 Å². The van der Waals surface area contributed by atoms with Crippen molar-refractivity contribution in [2.45, 2.75) is 19.4 Å². The lowest BCUT2D eigenvalue weighted by Gasteiger charge is -2.20. The van der Waals surface area contributed by atoms with Crippen molar-refractivity contribution in [3.63, 3.8) is 0 Å². The van der Waals surface area contributed by atoms with E-state index in [4.69, 9.17) is 28.4 Å². The highest BCUT2D eigenvalue weighted by Gasteiger charge is 2.23. The Hall–Kier alpha value is -3.19. The summed E-state index contributed by atoms with van der Waals surface area (Å²) in [6, 6.07) is 8.58. The molecule has 2 aromatic carbocycles. The van der Waals surface area contributed by atoms with Crippen LogP contribution in [0.4, 0.5) is 0 Å². The lowest BCUT2D eigenvalue weighted by Crippen LogP contribution is -2.24. The minimum atomic E-state index is -0.798. The molecule has 7 heteroatoms. The van der Waals surface area contributed by atoms with E-state index in [1.807, 2.05) is 12.1 Å². The Morgan fingerprint density at radius 2 is 1.60 bits per heavy atom. The number of Topliss-reactive ketones (excluding diaryl/α,β-unsaturated/α-hetero) is 1. The van der Waals surface area contributed by atoms with Crippen LogP contribution in [0, 0.1) is 0 Å². The van der Waals surface area contributed by atoms with E-state index in [9.17, 15) is 4.79 Å². The van der Waals surface area contributed by atoms with E-state index in [0.717, 1.165) is 5.56 Å². The lowest BCUT2D eigenvalue weighted by molar-refractivity contribution is 0.0491. The Balaban J connectivity index is 2.28. The fraction of sp³-hybridized carbons (Fsp3) is 0.348. The van der Waals surface area contributed by atoms with Crippen molar-refractivity contribution in [2.24, 2.45) is 0 Å². The Labute approximate surface area is 177 Å². The van der Waals surface area contributed by atoms with Crippen molar-refractivity contribution >= 4 is 5.78 Å². The summed E-state index contributed by atoms with van der Waals surface area (Å²) in [5.74, 6) is 1.99. The predicted molar refractivity (Wildman–Crippen MR) is 113 cm³/mol. The number of ketones is 1. The lowest BCUT2D eigenvalue weighted by atomic mass is 10.1. The molecule has 0 amide bonds. The van der Waals surface area contributed by atoms with Gasteiger partial charge in [0.15, 0.2) is 35.9 Å². The van der Waals surface area contributed by atoms with Gasteiger partial charge in [0.2, 0.25) is 11.5 Å². The first-order valence-corrected chi connectivity index (χ1v) is 9.35. The number of hydrogen-bond donors (Lipinski definition) is 0. The zero-order valence-corrected chi connectivity index (χ0v) is 18.0. The maximum absolute atomic E-state index is 13.0. The zero-order valence-electron chi connectivity index (χ0n) is 18.0. The molecule has 0 saturated carbocycles. The molecule has 1 atom stereocenters. The van der Waals surface area contributed by atoms with E-state index in [2.05, 4.69) is 6.58 Å². The number of carbonyl (C=O) groups excluding carboxylic acids is 1. The molecule has 2 aromatic rings. The summed E-state index contributed by atoms with van der Waals surface area (Å²) in [6.45, 7) is 5.49. The van der Waals surface area contributed by atoms with Gasteiger partial charge in [-0.05, 0) is 49.2 Å². The predicted octanol–water partition coefficient (Wildman–Crippen LogP) is 4.07. The van der Waals surface area contributed by atoms with E-state index in [1.54, 1.807) is 31.2 Å². The molecule has 0 spiro atoms. The standard InChI is InChI=1S/C23H28O7/c1-7-8-16-11-20(27-5)23(21(12-16)28-6)30-15(2)22(24)17-9-10-18(29-14-25-3)19(13-17)26-4/h7,9-13,15H,1,8,14H2,2-6H3. The largest absolute Gasteiger partial charge is 0.493 e. The number of methoxy groups -OCH3 is 4. The molecule has 0 saturated heterocycles. The van der Waals surface area contributed by atoms with Crippen LogP contribution >= 0.6 is 0 Å². The molecule has 0 aliphatic carbocycles. The Morgan fingerprint density at radius 1 is 0.967 bits per heavy atom. The highest BCUT2D eigenvalue weighted by Crippen LogP contribution is 2.40. The van der Waals surface area contributed by atoms with Gasteiger partial charge in [-0.25, -0.2) is 0 Å². The first-order valence-electron chi connectivity index (χ1n) is 9.35. The quantitative estimate of drug-likeness (QED) is 0.293. The molecular formula is C23H28O7. The van der Waals surface area contributed by atoms with Crippen molar-refractivity contribution in [3.05, 3.63) is 54.1 Å². The van der Waals surface area contributed by atoms with Crippen LogP contribution in [-0.2, 0) is 11.2 Å². The van der Waals surface area contributed by atoms with Gasteiger partial charge in [0.1, 0.15) is 0 Å². The van der Waals surface area contributed by atoms with Crippen molar-refractivity contribution in [2.75, 3.05) is 35.2 Å². The molecule has 0 aromatic heterocycles. The van der Waals surface area contributed by atoms with Gasteiger partial charge in [0.25, 0.3) is 0 Å². The Kier molecular flexibility index (Phi) is 8.55. The van der Waals surface area contributed by atoms with Gasteiger partial charge in [-0.1, -0.05) is 6.08 Å². The van der Waals surface area contributed by atoms with E-state index in [-0.39, 0.29) is 12.6 Å². The topological polar surface area (TPSA) is 72.5 Å². The zero-order chi connectivity index (χ0) is 22.1.